The SMILES string of the molecule is CC1(C)CNCC(COc2c(F)c(F)c(F)c(F)c2F)O1. The molecular formula is C13H14F5NO2. The fourth-order valence-electron chi connectivity index (χ4n) is 2.05. The number of benzene rings is 1. The number of ether oxygens (including phenoxy) is 2. The molecule has 1 saturated heterocycles. The Bertz CT molecular complexity index is 521. The summed E-state index contributed by atoms with van der Waals surface area (Å²) in [5.41, 5.74) is -0.511. The van der Waals surface area contributed by atoms with Gasteiger partial charge in [-0.25, -0.2) is 13.2 Å². The lowest BCUT2D eigenvalue weighted by Crippen LogP contribution is -2.52. The molecule has 0 spiro atoms. The molecule has 0 aromatic heterocycles. The van der Waals surface area contributed by atoms with E-state index >= 15 is 0 Å². The molecule has 1 aromatic rings. The maximum atomic E-state index is 13.4. The molecule has 1 aromatic carbocycles. The van der Waals surface area contributed by atoms with Gasteiger partial charge in [-0.2, -0.15) is 8.78 Å². The molecule has 0 radical (unpaired) electrons. The monoisotopic (exact) mass is 311 g/mol. The van der Waals surface area contributed by atoms with Gasteiger partial charge in [-0.05, 0) is 13.8 Å². The third kappa shape index (κ3) is 3.26. The summed E-state index contributed by atoms with van der Waals surface area (Å²) in [6, 6.07) is 0. The lowest BCUT2D eigenvalue weighted by atomic mass is 10.1. The number of morpholine rings is 1. The van der Waals surface area contributed by atoms with Crippen molar-refractivity contribution in [2.24, 2.45) is 0 Å². The highest BCUT2D eigenvalue weighted by Crippen LogP contribution is 2.29. The fourth-order valence-corrected chi connectivity index (χ4v) is 2.05. The van der Waals surface area contributed by atoms with Crippen LogP contribution in [0, 0.1) is 29.1 Å². The van der Waals surface area contributed by atoms with E-state index in [0.29, 0.717) is 13.1 Å². The lowest BCUT2D eigenvalue weighted by molar-refractivity contribution is -0.107. The van der Waals surface area contributed by atoms with E-state index in [0.717, 1.165) is 0 Å². The van der Waals surface area contributed by atoms with E-state index < -0.39 is 46.5 Å². The number of halogens is 5. The molecule has 3 nitrogen and oxygen atoms in total. The fraction of sp³-hybridized carbons (Fsp3) is 0.538. The largest absolute Gasteiger partial charge is 0.485 e. The second-order valence-corrected chi connectivity index (χ2v) is 5.34. The average Bonchev–Trinajstić information content (AvgIpc) is 2.42. The van der Waals surface area contributed by atoms with Crippen LogP contribution in [0.5, 0.6) is 5.75 Å². The highest BCUT2D eigenvalue weighted by Gasteiger charge is 2.31. The summed E-state index contributed by atoms with van der Waals surface area (Å²) in [6.07, 6.45) is -0.566. The first kappa shape index (κ1) is 16.0. The molecule has 0 amide bonds. The van der Waals surface area contributed by atoms with Gasteiger partial charge in [-0.1, -0.05) is 0 Å². The van der Waals surface area contributed by atoms with Crippen molar-refractivity contribution in [1.82, 2.24) is 5.32 Å². The van der Waals surface area contributed by atoms with Gasteiger partial charge < -0.3 is 14.8 Å². The molecule has 0 bridgehead atoms. The molecule has 1 atom stereocenters. The standard InChI is InChI=1S/C13H14F5NO2/c1-13(2)5-19-3-6(21-13)4-20-12-10(17)8(15)7(14)9(16)11(12)18/h6,19H,3-5H2,1-2H3. The third-order valence-electron chi connectivity index (χ3n) is 2.99. The van der Waals surface area contributed by atoms with Crippen LogP contribution in [-0.4, -0.2) is 31.4 Å². The Morgan fingerprint density at radius 2 is 1.57 bits per heavy atom. The molecule has 1 aliphatic heterocycles. The first-order valence-corrected chi connectivity index (χ1v) is 6.25. The number of nitrogens with one attached hydrogen (secondary N) is 1. The van der Waals surface area contributed by atoms with Gasteiger partial charge in [-0.3, -0.25) is 0 Å². The van der Waals surface area contributed by atoms with Gasteiger partial charge in [-0.15, -0.1) is 0 Å². The van der Waals surface area contributed by atoms with E-state index in [-0.39, 0.29) is 6.61 Å². The zero-order valence-electron chi connectivity index (χ0n) is 11.4. The minimum atomic E-state index is -2.21. The van der Waals surface area contributed by atoms with Gasteiger partial charge in [0.15, 0.2) is 5.75 Å². The minimum Gasteiger partial charge on any atom is -0.485 e. The molecule has 8 heteroatoms. The number of hydrogen-bond acceptors (Lipinski definition) is 3. The molecule has 118 valence electrons. The highest BCUT2D eigenvalue weighted by atomic mass is 19.2. The highest BCUT2D eigenvalue weighted by molar-refractivity contribution is 5.29. The van der Waals surface area contributed by atoms with Crippen molar-refractivity contribution in [3.8, 4) is 5.75 Å². The van der Waals surface area contributed by atoms with E-state index in [4.69, 9.17) is 9.47 Å². The molecule has 1 heterocycles. The van der Waals surface area contributed by atoms with Gasteiger partial charge in [0, 0.05) is 13.1 Å². The molecule has 0 saturated carbocycles. The van der Waals surface area contributed by atoms with Crippen LogP contribution in [0.3, 0.4) is 0 Å². The summed E-state index contributed by atoms with van der Waals surface area (Å²) in [4.78, 5) is 0. The zero-order valence-corrected chi connectivity index (χ0v) is 11.4. The van der Waals surface area contributed by atoms with E-state index in [2.05, 4.69) is 5.32 Å². The van der Waals surface area contributed by atoms with Crippen LogP contribution >= 0.6 is 0 Å². The van der Waals surface area contributed by atoms with Gasteiger partial charge in [0.2, 0.25) is 29.1 Å². The molecule has 1 N–H and O–H groups in total. The van der Waals surface area contributed by atoms with Crippen molar-refractivity contribution >= 4 is 0 Å². The van der Waals surface area contributed by atoms with Gasteiger partial charge >= 0.3 is 0 Å². The van der Waals surface area contributed by atoms with Crippen molar-refractivity contribution < 1.29 is 31.4 Å². The Morgan fingerprint density at radius 3 is 2.10 bits per heavy atom. The first-order chi connectivity index (χ1) is 9.73. The Kier molecular flexibility index (Phi) is 4.38. The second-order valence-electron chi connectivity index (χ2n) is 5.34. The summed E-state index contributed by atoms with van der Waals surface area (Å²) < 4.78 is 76.0. The molecule has 2 rings (SSSR count). The van der Waals surface area contributed by atoms with E-state index in [1.165, 1.54) is 0 Å². The Balaban J connectivity index is 2.14. The summed E-state index contributed by atoms with van der Waals surface area (Å²) in [7, 11) is 0. The van der Waals surface area contributed by atoms with Crippen LogP contribution in [0.25, 0.3) is 0 Å². The molecule has 1 unspecified atom stereocenters. The molecule has 0 aliphatic carbocycles. The minimum absolute atomic E-state index is 0.339. The van der Waals surface area contributed by atoms with Gasteiger partial charge in [0.25, 0.3) is 0 Å². The Labute approximate surface area is 118 Å². The van der Waals surface area contributed by atoms with E-state index in [9.17, 15) is 22.0 Å². The Hall–Kier alpha value is -1.41. The van der Waals surface area contributed by atoms with Crippen LogP contribution in [0.1, 0.15) is 13.8 Å². The smallest absolute Gasteiger partial charge is 0.206 e. The summed E-state index contributed by atoms with van der Waals surface area (Å²) >= 11 is 0. The van der Waals surface area contributed by atoms with E-state index in [1.54, 1.807) is 13.8 Å². The summed E-state index contributed by atoms with van der Waals surface area (Å²) in [5.74, 6) is -11.6. The van der Waals surface area contributed by atoms with Crippen LogP contribution in [0.4, 0.5) is 22.0 Å². The van der Waals surface area contributed by atoms with Crippen LogP contribution in [0.15, 0.2) is 0 Å². The van der Waals surface area contributed by atoms with Crippen molar-refractivity contribution in [2.75, 3.05) is 19.7 Å². The second kappa shape index (κ2) is 5.76. The van der Waals surface area contributed by atoms with Crippen molar-refractivity contribution in [1.29, 1.82) is 0 Å². The molecule has 1 fully saturated rings. The van der Waals surface area contributed by atoms with E-state index in [1.807, 2.05) is 0 Å². The third-order valence-corrected chi connectivity index (χ3v) is 2.99. The molecular weight excluding hydrogens is 297 g/mol. The van der Waals surface area contributed by atoms with Crippen molar-refractivity contribution in [3.05, 3.63) is 29.1 Å². The summed E-state index contributed by atoms with van der Waals surface area (Å²) in [5, 5.41) is 3.02. The van der Waals surface area contributed by atoms with Crippen molar-refractivity contribution in [2.45, 2.75) is 25.6 Å². The van der Waals surface area contributed by atoms with Crippen LogP contribution in [0.2, 0.25) is 0 Å². The van der Waals surface area contributed by atoms with Crippen molar-refractivity contribution in [3.63, 3.8) is 0 Å². The number of hydrogen-bond donors (Lipinski definition) is 1. The predicted octanol–water partition coefficient (Wildman–Crippen LogP) is 2.53. The lowest BCUT2D eigenvalue weighted by Gasteiger charge is -2.36. The van der Waals surface area contributed by atoms with Crippen LogP contribution in [-0.2, 0) is 4.74 Å². The number of rotatable bonds is 3. The first-order valence-electron chi connectivity index (χ1n) is 6.25. The van der Waals surface area contributed by atoms with Gasteiger partial charge in [0.05, 0.1) is 5.60 Å². The quantitative estimate of drug-likeness (QED) is 0.529. The Morgan fingerprint density at radius 1 is 1.05 bits per heavy atom. The van der Waals surface area contributed by atoms with Crippen LogP contribution < -0.4 is 10.1 Å². The average molecular weight is 311 g/mol. The topological polar surface area (TPSA) is 30.5 Å². The molecule has 1 aliphatic rings. The maximum Gasteiger partial charge on any atom is 0.206 e. The molecule has 21 heavy (non-hydrogen) atoms. The zero-order chi connectivity index (χ0) is 15.8. The predicted molar refractivity (Wildman–Crippen MR) is 63.5 cm³/mol. The van der Waals surface area contributed by atoms with Gasteiger partial charge in [0.1, 0.15) is 12.7 Å². The normalized spacial score (nSPS) is 21.4. The summed E-state index contributed by atoms with van der Waals surface area (Å²) in [6.45, 7) is 4.18. The maximum absolute atomic E-state index is 13.4.